The third-order valence-corrected chi connectivity index (χ3v) is 4.44. The number of para-hydroxylation sites is 1. The van der Waals surface area contributed by atoms with E-state index in [-0.39, 0.29) is 12.1 Å². The standard InChI is InChI=1S/C21H18F5N3O2/c22-19(23)17-16(20(31)27-12-15(30)11-13-7-3-1-4-8-13)18(21(24,25)26)28-29(17)14-9-5-2-6-10-14/h1-10,15,19,30H,11-12H2,(H,27,31)/t15-/m1/s1. The SMILES string of the molecule is O=C(NC[C@H](O)Cc1ccccc1)c1c(C(F)(F)F)nn(-c2ccccc2)c1C(F)F. The largest absolute Gasteiger partial charge is 0.436 e. The third kappa shape index (κ3) is 5.26. The molecule has 164 valence electrons. The maximum Gasteiger partial charge on any atom is 0.436 e. The maximum absolute atomic E-state index is 13.8. The van der Waals surface area contributed by atoms with E-state index in [9.17, 15) is 31.9 Å². The molecular formula is C21H18F5N3O2. The lowest BCUT2D eigenvalue weighted by Crippen LogP contribution is -2.34. The molecule has 0 fully saturated rings. The van der Waals surface area contributed by atoms with Crippen molar-refractivity contribution in [2.24, 2.45) is 0 Å². The van der Waals surface area contributed by atoms with Gasteiger partial charge in [0.1, 0.15) is 5.69 Å². The molecule has 0 unspecified atom stereocenters. The van der Waals surface area contributed by atoms with Gasteiger partial charge in [-0.05, 0) is 17.7 Å². The molecule has 5 nitrogen and oxygen atoms in total. The zero-order valence-electron chi connectivity index (χ0n) is 16.0. The topological polar surface area (TPSA) is 67.2 Å². The Bertz CT molecular complexity index is 1020. The van der Waals surface area contributed by atoms with Gasteiger partial charge < -0.3 is 10.4 Å². The number of nitrogens with one attached hydrogen (secondary N) is 1. The first-order valence-corrected chi connectivity index (χ1v) is 9.22. The Labute approximate surface area is 174 Å². The van der Waals surface area contributed by atoms with Gasteiger partial charge in [0.2, 0.25) is 0 Å². The van der Waals surface area contributed by atoms with E-state index in [2.05, 4.69) is 10.4 Å². The summed E-state index contributed by atoms with van der Waals surface area (Å²) >= 11 is 0. The molecular weight excluding hydrogens is 421 g/mol. The Morgan fingerprint density at radius 2 is 1.61 bits per heavy atom. The van der Waals surface area contributed by atoms with Crippen molar-refractivity contribution in [3.63, 3.8) is 0 Å². The van der Waals surface area contributed by atoms with Gasteiger partial charge in [-0.3, -0.25) is 4.79 Å². The highest BCUT2D eigenvalue weighted by Crippen LogP contribution is 2.37. The van der Waals surface area contributed by atoms with Crippen molar-refractivity contribution in [2.75, 3.05) is 6.54 Å². The summed E-state index contributed by atoms with van der Waals surface area (Å²) in [5.74, 6) is -1.39. The summed E-state index contributed by atoms with van der Waals surface area (Å²) in [6, 6.07) is 15.7. The molecule has 0 spiro atoms. The van der Waals surface area contributed by atoms with Crippen LogP contribution in [-0.2, 0) is 12.6 Å². The normalized spacial score (nSPS) is 12.7. The summed E-state index contributed by atoms with van der Waals surface area (Å²) in [7, 11) is 0. The molecule has 0 radical (unpaired) electrons. The molecule has 3 rings (SSSR count). The summed E-state index contributed by atoms with van der Waals surface area (Å²) in [4.78, 5) is 12.5. The van der Waals surface area contributed by atoms with Crippen molar-refractivity contribution >= 4 is 5.91 Å². The summed E-state index contributed by atoms with van der Waals surface area (Å²) in [6.07, 6.45) is -9.55. The van der Waals surface area contributed by atoms with Crippen LogP contribution in [0, 0.1) is 0 Å². The number of alkyl halides is 5. The molecule has 0 aliphatic carbocycles. The van der Waals surface area contributed by atoms with Crippen LogP contribution >= 0.6 is 0 Å². The number of aliphatic hydroxyl groups is 1. The fraction of sp³-hybridized carbons (Fsp3) is 0.238. The van der Waals surface area contributed by atoms with E-state index in [0.717, 1.165) is 5.56 Å². The average Bonchev–Trinajstić information content (AvgIpc) is 3.15. The summed E-state index contributed by atoms with van der Waals surface area (Å²) < 4.78 is 68.5. The molecule has 1 heterocycles. The zero-order valence-corrected chi connectivity index (χ0v) is 16.0. The molecule has 0 aliphatic heterocycles. The molecule has 1 aromatic heterocycles. The van der Waals surface area contributed by atoms with Crippen LogP contribution in [0.3, 0.4) is 0 Å². The van der Waals surface area contributed by atoms with Gasteiger partial charge >= 0.3 is 6.18 Å². The minimum atomic E-state index is -5.14. The molecule has 1 amide bonds. The molecule has 2 aromatic carbocycles. The monoisotopic (exact) mass is 439 g/mol. The number of nitrogens with zero attached hydrogens (tertiary/aromatic N) is 2. The van der Waals surface area contributed by atoms with Crippen molar-refractivity contribution in [1.29, 1.82) is 0 Å². The maximum atomic E-state index is 13.8. The number of rotatable bonds is 7. The predicted octanol–water partition coefficient (Wildman–Crippen LogP) is 4.16. The third-order valence-electron chi connectivity index (χ3n) is 4.44. The number of halogens is 5. The summed E-state index contributed by atoms with van der Waals surface area (Å²) in [5.41, 5.74) is -3.47. The van der Waals surface area contributed by atoms with Gasteiger partial charge in [-0.25, -0.2) is 13.5 Å². The zero-order chi connectivity index (χ0) is 22.6. The molecule has 0 saturated carbocycles. The van der Waals surface area contributed by atoms with E-state index in [4.69, 9.17) is 0 Å². The fourth-order valence-corrected chi connectivity index (χ4v) is 3.08. The van der Waals surface area contributed by atoms with Crippen LogP contribution in [0.5, 0.6) is 0 Å². The first-order valence-electron chi connectivity index (χ1n) is 9.22. The van der Waals surface area contributed by atoms with Crippen molar-refractivity contribution < 1.29 is 31.9 Å². The van der Waals surface area contributed by atoms with Crippen LogP contribution < -0.4 is 5.32 Å². The van der Waals surface area contributed by atoms with Crippen LogP contribution in [0.25, 0.3) is 5.69 Å². The average molecular weight is 439 g/mol. The van der Waals surface area contributed by atoms with E-state index in [0.29, 0.717) is 4.68 Å². The van der Waals surface area contributed by atoms with Crippen LogP contribution in [0.2, 0.25) is 0 Å². The number of amides is 1. The number of benzene rings is 2. The van der Waals surface area contributed by atoms with Gasteiger partial charge in [0.25, 0.3) is 12.3 Å². The molecule has 0 aliphatic rings. The number of hydrogen-bond acceptors (Lipinski definition) is 3. The Hall–Kier alpha value is -3.27. The molecule has 1 atom stereocenters. The number of hydrogen-bond donors (Lipinski definition) is 2. The van der Waals surface area contributed by atoms with Crippen molar-refractivity contribution in [3.8, 4) is 5.69 Å². The van der Waals surface area contributed by atoms with Gasteiger partial charge in [-0.2, -0.15) is 18.3 Å². The highest BCUT2D eigenvalue weighted by Gasteiger charge is 2.43. The second-order valence-corrected chi connectivity index (χ2v) is 6.71. The molecule has 2 N–H and O–H groups in total. The van der Waals surface area contributed by atoms with Crippen LogP contribution in [0.4, 0.5) is 22.0 Å². The highest BCUT2D eigenvalue weighted by molar-refractivity contribution is 5.97. The van der Waals surface area contributed by atoms with Gasteiger partial charge in [-0.15, -0.1) is 0 Å². The Morgan fingerprint density at radius 3 is 2.16 bits per heavy atom. The predicted molar refractivity (Wildman–Crippen MR) is 102 cm³/mol. The lowest BCUT2D eigenvalue weighted by molar-refractivity contribution is -0.141. The van der Waals surface area contributed by atoms with E-state index in [1.165, 1.54) is 24.3 Å². The quantitative estimate of drug-likeness (QED) is 0.544. The second kappa shape index (κ2) is 9.25. The molecule has 3 aromatic rings. The van der Waals surface area contributed by atoms with Gasteiger partial charge in [0.15, 0.2) is 5.69 Å². The number of aliphatic hydroxyl groups excluding tert-OH is 1. The van der Waals surface area contributed by atoms with Crippen LogP contribution in [0.1, 0.15) is 33.7 Å². The highest BCUT2D eigenvalue weighted by atomic mass is 19.4. The summed E-state index contributed by atoms with van der Waals surface area (Å²) in [6.45, 7) is -0.426. The lowest BCUT2D eigenvalue weighted by atomic mass is 10.1. The van der Waals surface area contributed by atoms with Gasteiger partial charge in [0, 0.05) is 13.0 Å². The van der Waals surface area contributed by atoms with Crippen LogP contribution in [0.15, 0.2) is 60.7 Å². The number of aromatic nitrogens is 2. The second-order valence-electron chi connectivity index (χ2n) is 6.71. The van der Waals surface area contributed by atoms with E-state index in [1.807, 2.05) is 0 Å². The summed E-state index contributed by atoms with van der Waals surface area (Å²) in [5, 5.41) is 15.5. The molecule has 10 heteroatoms. The number of carbonyl (C=O) groups excluding carboxylic acids is 1. The molecule has 0 bridgehead atoms. The fourth-order valence-electron chi connectivity index (χ4n) is 3.08. The van der Waals surface area contributed by atoms with Crippen molar-refractivity contribution in [2.45, 2.75) is 25.1 Å². The van der Waals surface area contributed by atoms with Crippen molar-refractivity contribution in [1.82, 2.24) is 15.1 Å². The lowest BCUT2D eigenvalue weighted by Gasteiger charge is -2.13. The molecule has 0 saturated heterocycles. The van der Waals surface area contributed by atoms with Crippen molar-refractivity contribution in [3.05, 3.63) is 83.2 Å². The minimum Gasteiger partial charge on any atom is -0.391 e. The Morgan fingerprint density at radius 1 is 1.03 bits per heavy atom. The number of carbonyl (C=O) groups is 1. The first kappa shape index (κ1) is 22.4. The van der Waals surface area contributed by atoms with Gasteiger partial charge in [-0.1, -0.05) is 48.5 Å². The van der Waals surface area contributed by atoms with E-state index < -0.39 is 48.1 Å². The van der Waals surface area contributed by atoms with Gasteiger partial charge in [0.05, 0.1) is 17.4 Å². The van der Waals surface area contributed by atoms with E-state index >= 15 is 0 Å². The van der Waals surface area contributed by atoms with E-state index in [1.54, 1.807) is 36.4 Å². The minimum absolute atomic E-state index is 0.0496. The Kier molecular flexibility index (Phi) is 6.69. The molecule has 31 heavy (non-hydrogen) atoms. The Balaban J connectivity index is 1.91. The smallest absolute Gasteiger partial charge is 0.391 e. The van der Waals surface area contributed by atoms with Crippen LogP contribution in [-0.4, -0.2) is 33.4 Å². The first-order chi connectivity index (χ1) is 14.7.